The largest absolute Gasteiger partial charge is 0.389 e. The highest BCUT2D eigenvalue weighted by Crippen LogP contribution is 2.27. The van der Waals surface area contributed by atoms with Gasteiger partial charge >= 0.3 is 0 Å². The molecule has 0 fully saturated rings. The van der Waals surface area contributed by atoms with Gasteiger partial charge in [-0.2, -0.15) is 0 Å². The Labute approximate surface area is 84.2 Å². The lowest BCUT2D eigenvalue weighted by atomic mass is 10.1. The summed E-state index contributed by atoms with van der Waals surface area (Å²) in [7, 11) is 0. The first kappa shape index (κ1) is 10.6. The second-order valence-corrected chi connectivity index (χ2v) is 4.20. The third-order valence-electron chi connectivity index (χ3n) is 1.83. The summed E-state index contributed by atoms with van der Waals surface area (Å²) in [6.07, 6.45) is 0.805. The lowest BCUT2D eigenvalue weighted by molar-refractivity contribution is 0.196. The molecule has 0 heterocycles. The average Bonchev–Trinajstić information content (AvgIpc) is 2.15. The molecule has 1 nitrogen and oxygen atoms in total. The number of benzene rings is 1. The molecule has 1 aromatic rings. The second-order valence-electron chi connectivity index (χ2n) is 3.06. The van der Waals surface area contributed by atoms with E-state index < -0.39 is 0 Å². The standard InChI is InChI=1S/C11H16OS/c1-3-8-13-11-7-5-4-6-10(11)9(2)12/h4-7,9,12H,3,8H2,1-2H3/t9-/m1/s1. The summed E-state index contributed by atoms with van der Waals surface area (Å²) in [4.78, 5) is 1.21. The van der Waals surface area contributed by atoms with Gasteiger partial charge in [0.05, 0.1) is 6.10 Å². The molecule has 0 amide bonds. The Morgan fingerprint density at radius 1 is 1.38 bits per heavy atom. The normalized spacial score (nSPS) is 12.8. The molecule has 1 rings (SSSR count). The number of rotatable bonds is 4. The number of hydrogen-bond donors (Lipinski definition) is 1. The molecule has 72 valence electrons. The minimum absolute atomic E-state index is 0.361. The van der Waals surface area contributed by atoms with Crippen LogP contribution in [0, 0.1) is 0 Å². The van der Waals surface area contributed by atoms with Crippen molar-refractivity contribution in [3.63, 3.8) is 0 Å². The lowest BCUT2D eigenvalue weighted by Crippen LogP contribution is -1.93. The molecule has 0 bridgehead atoms. The van der Waals surface area contributed by atoms with Crippen LogP contribution in [0.5, 0.6) is 0 Å². The molecule has 13 heavy (non-hydrogen) atoms. The molecule has 0 unspecified atom stereocenters. The second kappa shape index (κ2) is 5.30. The van der Waals surface area contributed by atoms with Crippen molar-refractivity contribution in [2.24, 2.45) is 0 Å². The molecule has 1 N–H and O–H groups in total. The molecule has 0 aliphatic heterocycles. The topological polar surface area (TPSA) is 20.2 Å². The van der Waals surface area contributed by atoms with Gasteiger partial charge in [0.25, 0.3) is 0 Å². The van der Waals surface area contributed by atoms with Gasteiger partial charge in [-0.3, -0.25) is 0 Å². The van der Waals surface area contributed by atoms with Crippen LogP contribution in [0.2, 0.25) is 0 Å². The summed E-state index contributed by atoms with van der Waals surface area (Å²) in [5, 5.41) is 9.49. The molecule has 0 aromatic heterocycles. The van der Waals surface area contributed by atoms with E-state index in [-0.39, 0.29) is 6.10 Å². The van der Waals surface area contributed by atoms with Crippen molar-refractivity contribution >= 4 is 11.8 Å². The van der Waals surface area contributed by atoms with E-state index in [0.717, 1.165) is 11.3 Å². The van der Waals surface area contributed by atoms with Crippen LogP contribution in [-0.2, 0) is 0 Å². The number of hydrogen-bond acceptors (Lipinski definition) is 2. The Hall–Kier alpha value is -0.470. The summed E-state index contributed by atoms with van der Waals surface area (Å²) in [6, 6.07) is 8.05. The minimum Gasteiger partial charge on any atom is -0.389 e. The van der Waals surface area contributed by atoms with Gasteiger partial charge in [-0.25, -0.2) is 0 Å². The molecule has 1 atom stereocenters. The van der Waals surface area contributed by atoms with E-state index in [4.69, 9.17) is 0 Å². The van der Waals surface area contributed by atoms with Crippen molar-refractivity contribution in [2.45, 2.75) is 31.3 Å². The summed E-state index contributed by atoms with van der Waals surface area (Å²) in [5.41, 5.74) is 1.04. The van der Waals surface area contributed by atoms with E-state index in [9.17, 15) is 5.11 Å². The molecule has 2 heteroatoms. The fraction of sp³-hybridized carbons (Fsp3) is 0.455. The molecule has 0 aliphatic carbocycles. The van der Waals surface area contributed by atoms with Crippen molar-refractivity contribution in [3.05, 3.63) is 29.8 Å². The Morgan fingerprint density at radius 2 is 2.08 bits per heavy atom. The maximum atomic E-state index is 9.49. The zero-order valence-corrected chi connectivity index (χ0v) is 8.97. The zero-order chi connectivity index (χ0) is 9.68. The highest BCUT2D eigenvalue weighted by atomic mass is 32.2. The SMILES string of the molecule is CCCSc1ccccc1[C@@H](C)O. The van der Waals surface area contributed by atoms with Crippen LogP contribution >= 0.6 is 11.8 Å². The van der Waals surface area contributed by atoms with Crippen molar-refractivity contribution in [1.29, 1.82) is 0 Å². The smallest absolute Gasteiger partial charge is 0.0772 e. The van der Waals surface area contributed by atoms with Crippen LogP contribution in [0.4, 0.5) is 0 Å². The van der Waals surface area contributed by atoms with Gasteiger partial charge in [-0.1, -0.05) is 25.1 Å². The molecule has 0 spiro atoms. The first-order valence-electron chi connectivity index (χ1n) is 4.65. The van der Waals surface area contributed by atoms with Gasteiger partial charge < -0.3 is 5.11 Å². The van der Waals surface area contributed by atoms with Gasteiger partial charge in [0, 0.05) is 4.90 Å². The maximum absolute atomic E-state index is 9.49. The highest BCUT2D eigenvalue weighted by molar-refractivity contribution is 7.99. The lowest BCUT2D eigenvalue weighted by Gasteiger charge is -2.10. The molecule has 0 radical (unpaired) electrons. The fourth-order valence-electron chi connectivity index (χ4n) is 1.17. The van der Waals surface area contributed by atoms with E-state index in [1.165, 1.54) is 11.3 Å². The average molecular weight is 196 g/mol. The number of aliphatic hydroxyl groups excluding tert-OH is 1. The Morgan fingerprint density at radius 3 is 2.69 bits per heavy atom. The summed E-state index contributed by atoms with van der Waals surface area (Å²) >= 11 is 1.82. The fourth-order valence-corrected chi connectivity index (χ4v) is 2.17. The van der Waals surface area contributed by atoms with Gasteiger partial charge in [0.1, 0.15) is 0 Å². The first-order valence-corrected chi connectivity index (χ1v) is 5.64. The Balaban J connectivity index is 2.78. The molecule has 1 aromatic carbocycles. The van der Waals surface area contributed by atoms with Crippen molar-refractivity contribution in [2.75, 3.05) is 5.75 Å². The number of aliphatic hydroxyl groups is 1. The van der Waals surface area contributed by atoms with Crippen LogP contribution in [0.1, 0.15) is 31.9 Å². The van der Waals surface area contributed by atoms with E-state index in [2.05, 4.69) is 13.0 Å². The van der Waals surface area contributed by atoms with Crippen molar-refractivity contribution in [1.82, 2.24) is 0 Å². The van der Waals surface area contributed by atoms with E-state index in [1.54, 1.807) is 0 Å². The van der Waals surface area contributed by atoms with Crippen LogP contribution in [0.15, 0.2) is 29.2 Å². The van der Waals surface area contributed by atoms with E-state index in [1.807, 2.05) is 36.9 Å². The van der Waals surface area contributed by atoms with E-state index >= 15 is 0 Å². The third kappa shape index (κ3) is 3.05. The molecular weight excluding hydrogens is 180 g/mol. The molecule has 0 saturated heterocycles. The highest BCUT2D eigenvalue weighted by Gasteiger charge is 2.06. The summed E-state index contributed by atoms with van der Waals surface area (Å²) < 4.78 is 0. The van der Waals surface area contributed by atoms with Gasteiger partial charge in [-0.15, -0.1) is 11.8 Å². The molecular formula is C11H16OS. The predicted octanol–water partition coefficient (Wildman–Crippen LogP) is 3.24. The zero-order valence-electron chi connectivity index (χ0n) is 8.16. The van der Waals surface area contributed by atoms with Gasteiger partial charge in [-0.05, 0) is 30.7 Å². The Kier molecular flexibility index (Phi) is 4.33. The first-order chi connectivity index (χ1) is 6.25. The van der Waals surface area contributed by atoms with E-state index in [0.29, 0.717) is 0 Å². The minimum atomic E-state index is -0.361. The summed E-state index contributed by atoms with van der Waals surface area (Å²) in [5.74, 6) is 1.11. The van der Waals surface area contributed by atoms with Gasteiger partial charge in [0.15, 0.2) is 0 Å². The maximum Gasteiger partial charge on any atom is 0.0772 e. The monoisotopic (exact) mass is 196 g/mol. The van der Waals surface area contributed by atoms with Gasteiger partial charge in [0.2, 0.25) is 0 Å². The number of thioether (sulfide) groups is 1. The van der Waals surface area contributed by atoms with Crippen molar-refractivity contribution < 1.29 is 5.11 Å². The van der Waals surface area contributed by atoms with Crippen LogP contribution in [0.25, 0.3) is 0 Å². The predicted molar refractivity (Wildman–Crippen MR) is 58.1 cm³/mol. The molecule has 0 saturated carbocycles. The van der Waals surface area contributed by atoms with Crippen LogP contribution < -0.4 is 0 Å². The summed E-state index contributed by atoms with van der Waals surface area (Å²) in [6.45, 7) is 3.98. The third-order valence-corrected chi connectivity index (χ3v) is 3.13. The molecule has 0 aliphatic rings. The quantitative estimate of drug-likeness (QED) is 0.746. The van der Waals surface area contributed by atoms with Crippen LogP contribution in [-0.4, -0.2) is 10.9 Å². The Bertz CT molecular complexity index is 258. The van der Waals surface area contributed by atoms with Crippen LogP contribution in [0.3, 0.4) is 0 Å². The van der Waals surface area contributed by atoms with Crippen molar-refractivity contribution in [3.8, 4) is 0 Å².